The van der Waals surface area contributed by atoms with Crippen molar-refractivity contribution in [2.75, 3.05) is 19.6 Å². The van der Waals surface area contributed by atoms with Gasteiger partial charge in [0.25, 0.3) is 0 Å². The first-order chi connectivity index (χ1) is 7.63. The van der Waals surface area contributed by atoms with Crippen LogP contribution in [0.2, 0.25) is 0 Å². The van der Waals surface area contributed by atoms with Crippen LogP contribution in [0.25, 0.3) is 0 Å². The molecule has 0 saturated heterocycles. The molecule has 16 heavy (non-hydrogen) atoms. The molecule has 0 saturated carbocycles. The highest BCUT2D eigenvalue weighted by Crippen LogP contribution is 2.05. The van der Waals surface area contributed by atoms with Crippen molar-refractivity contribution in [1.29, 1.82) is 0 Å². The largest absolute Gasteiger partial charge is 0.299 e. The van der Waals surface area contributed by atoms with Crippen molar-refractivity contribution in [2.45, 2.75) is 40.5 Å². The lowest BCUT2D eigenvalue weighted by atomic mass is 10.1. The van der Waals surface area contributed by atoms with E-state index < -0.39 is 0 Å². The molecule has 0 heterocycles. The first-order valence-corrected chi connectivity index (χ1v) is 6.35. The van der Waals surface area contributed by atoms with Crippen LogP contribution in [0.5, 0.6) is 0 Å². The second-order valence-electron chi connectivity index (χ2n) is 4.27. The van der Waals surface area contributed by atoms with Gasteiger partial charge in [-0.1, -0.05) is 50.6 Å². The third-order valence-electron chi connectivity index (χ3n) is 2.63. The molecule has 0 aliphatic heterocycles. The van der Waals surface area contributed by atoms with Crippen molar-refractivity contribution < 1.29 is 0 Å². The number of hydrogen-bond donors (Lipinski definition) is 0. The lowest BCUT2D eigenvalue weighted by molar-refractivity contribution is 0.308. The van der Waals surface area contributed by atoms with Gasteiger partial charge in [-0.25, -0.2) is 0 Å². The summed E-state index contributed by atoms with van der Waals surface area (Å²) in [6.07, 6.45) is 9.01. The predicted molar refractivity (Wildman–Crippen MR) is 74.7 cm³/mol. The molecular weight excluding hydrogens is 194 g/mol. The van der Waals surface area contributed by atoms with Gasteiger partial charge in [0, 0.05) is 6.54 Å². The highest BCUT2D eigenvalue weighted by Gasteiger charge is 2.02. The van der Waals surface area contributed by atoms with Crippen LogP contribution in [0.15, 0.2) is 36.0 Å². The molecule has 0 unspecified atom stereocenters. The van der Waals surface area contributed by atoms with E-state index >= 15 is 0 Å². The fourth-order valence-corrected chi connectivity index (χ4v) is 1.48. The Bertz CT molecular complexity index is 248. The van der Waals surface area contributed by atoms with Crippen LogP contribution in [-0.2, 0) is 0 Å². The minimum absolute atomic E-state index is 1.05. The van der Waals surface area contributed by atoms with Crippen molar-refractivity contribution >= 4 is 0 Å². The molecule has 0 aliphatic rings. The van der Waals surface area contributed by atoms with Gasteiger partial charge in [0.05, 0.1) is 0 Å². The first kappa shape index (κ1) is 15.2. The number of hydrogen-bond acceptors (Lipinski definition) is 1. The zero-order chi connectivity index (χ0) is 12.4. The number of rotatable bonds is 8. The number of unbranched alkanes of at least 4 members (excludes halogenated alkanes) is 1. The molecule has 0 aromatic heterocycles. The Morgan fingerprint density at radius 2 is 1.94 bits per heavy atom. The molecule has 0 spiro atoms. The third-order valence-corrected chi connectivity index (χ3v) is 2.63. The van der Waals surface area contributed by atoms with E-state index in [9.17, 15) is 0 Å². The van der Waals surface area contributed by atoms with Gasteiger partial charge in [-0.3, -0.25) is 4.90 Å². The van der Waals surface area contributed by atoms with E-state index in [1.165, 1.54) is 25.0 Å². The molecular formula is C15H27N. The van der Waals surface area contributed by atoms with Crippen molar-refractivity contribution in [3.63, 3.8) is 0 Å². The van der Waals surface area contributed by atoms with Gasteiger partial charge >= 0.3 is 0 Å². The Kier molecular flexibility index (Phi) is 8.93. The van der Waals surface area contributed by atoms with E-state index in [4.69, 9.17) is 0 Å². The van der Waals surface area contributed by atoms with Gasteiger partial charge in [0.2, 0.25) is 0 Å². The van der Waals surface area contributed by atoms with Crippen LogP contribution in [0.4, 0.5) is 0 Å². The van der Waals surface area contributed by atoms with Crippen LogP contribution in [0, 0.1) is 0 Å². The summed E-state index contributed by atoms with van der Waals surface area (Å²) in [4.78, 5) is 2.49. The zero-order valence-corrected chi connectivity index (χ0v) is 11.4. The van der Waals surface area contributed by atoms with Gasteiger partial charge in [0.1, 0.15) is 0 Å². The van der Waals surface area contributed by atoms with Crippen LogP contribution in [0.3, 0.4) is 0 Å². The highest BCUT2D eigenvalue weighted by molar-refractivity contribution is 5.25. The standard InChI is InChI=1S/C15H27N/c1-6-9-12-16(8-3)13-15(7-2)11-10-14(4)5/h7,10-11H,4,6,8-9,12-13H2,1-3,5H3/b11-10-,15-7+. The monoisotopic (exact) mass is 221 g/mol. The number of likely N-dealkylation sites (N-methyl/N-ethyl adjacent to an activating group) is 1. The fraction of sp³-hybridized carbons (Fsp3) is 0.600. The lowest BCUT2D eigenvalue weighted by Crippen LogP contribution is -2.26. The molecule has 0 amide bonds. The topological polar surface area (TPSA) is 3.24 Å². The van der Waals surface area contributed by atoms with Gasteiger partial charge in [0.15, 0.2) is 0 Å². The summed E-state index contributed by atoms with van der Waals surface area (Å²) >= 11 is 0. The quantitative estimate of drug-likeness (QED) is 0.556. The van der Waals surface area contributed by atoms with Crippen molar-refractivity contribution in [1.82, 2.24) is 4.90 Å². The van der Waals surface area contributed by atoms with Gasteiger partial charge < -0.3 is 0 Å². The van der Waals surface area contributed by atoms with Crippen molar-refractivity contribution in [2.24, 2.45) is 0 Å². The molecule has 0 radical (unpaired) electrons. The molecule has 1 nitrogen and oxygen atoms in total. The van der Waals surface area contributed by atoms with E-state index in [-0.39, 0.29) is 0 Å². The highest BCUT2D eigenvalue weighted by atomic mass is 15.1. The maximum atomic E-state index is 3.88. The molecule has 0 aliphatic carbocycles. The summed E-state index contributed by atoms with van der Waals surface area (Å²) in [6, 6.07) is 0. The third kappa shape index (κ3) is 7.47. The summed E-state index contributed by atoms with van der Waals surface area (Å²) in [5.41, 5.74) is 2.48. The Morgan fingerprint density at radius 3 is 2.38 bits per heavy atom. The summed E-state index contributed by atoms with van der Waals surface area (Å²) in [6.45, 7) is 15.9. The number of nitrogens with zero attached hydrogens (tertiary/aromatic N) is 1. The van der Waals surface area contributed by atoms with Crippen molar-refractivity contribution in [3.8, 4) is 0 Å². The first-order valence-electron chi connectivity index (χ1n) is 6.35. The normalized spacial score (nSPS) is 12.7. The second kappa shape index (κ2) is 9.41. The van der Waals surface area contributed by atoms with E-state index in [1.807, 2.05) is 6.92 Å². The number of allylic oxidation sites excluding steroid dienone is 3. The van der Waals surface area contributed by atoms with E-state index in [0.717, 1.165) is 18.7 Å². The van der Waals surface area contributed by atoms with Gasteiger partial charge in [-0.05, 0) is 38.9 Å². The summed E-state index contributed by atoms with van der Waals surface area (Å²) in [5, 5.41) is 0. The summed E-state index contributed by atoms with van der Waals surface area (Å²) in [5.74, 6) is 0. The van der Waals surface area contributed by atoms with Crippen molar-refractivity contribution in [3.05, 3.63) is 36.0 Å². The Hall–Kier alpha value is -0.820. The molecule has 0 fully saturated rings. The second-order valence-corrected chi connectivity index (χ2v) is 4.27. The SMILES string of the molecule is C=C(C)/C=C\C(=C/C)CN(CC)CCCC. The minimum atomic E-state index is 1.05. The summed E-state index contributed by atoms with van der Waals surface area (Å²) in [7, 11) is 0. The van der Waals surface area contributed by atoms with Crippen LogP contribution < -0.4 is 0 Å². The molecule has 0 aromatic carbocycles. The maximum Gasteiger partial charge on any atom is 0.0230 e. The summed E-state index contributed by atoms with van der Waals surface area (Å²) < 4.78 is 0. The Labute approximate surface area is 102 Å². The molecule has 92 valence electrons. The van der Waals surface area contributed by atoms with Crippen LogP contribution >= 0.6 is 0 Å². The smallest absolute Gasteiger partial charge is 0.0230 e. The predicted octanol–water partition coefficient (Wildman–Crippen LogP) is 4.19. The van der Waals surface area contributed by atoms with Gasteiger partial charge in [-0.2, -0.15) is 0 Å². The van der Waals surface area contributed by atoms with Gasteiger partial charge in [-0.15, -0.1) is 0 Å². The molecule has 0 rings (SSSR count). The zero-order valence-electron chi connectivity index (χ0n) is 11.4. The van der Waals surface area contributed by atoms with Crippen LogP contribution in [-0.4, -0.2) is 24.5 Å². The van der Waals surface area contributed by atoms with E-state index in [1.54, 1.807) is 0 Å². The molecule has 0 bridgehead atoms. The lowest BCUT2D eigenvalue weighted by Gasteiger charge is -2.20. The average Bonchev–Trinajstić information content (AvgIpc) is 2.28. The Morgan fingerprint density at radius 1 is 1.25 bits per heavy atom. The Balaban J connectivity index is 4.23. The molecule has 0 atom stereocenters. The van der Waals surface area contributed by atoms with Crippen LogP contribution in [0.1, 0.15) is 40.5 Å². The molecule has 1 heteroatoms. The minimum Gasteiger partial charge on any atom is -0.299 e. The fourth-order valence-electron chi connectivity index (χ4n) is 1.48. The maximum absolute atomic E-state index is 3.88. The molecule has 0 N–H and O–H groups in total. The van der Waals surface area contributed by atoms with E-state index in [0.29, 0.717) is 0 Å². The average molecular weight is 221 g/mol. The van der Waals surface area contributed by atoms with E-state index in [2.05, 4.69) is 50.5 Å². The molecule has 0 aromatic rings.